The highest BCUT2D eigenvalue weighted by Crippen LogP contribution is 2.34. The Bertz CT molecular complexity index is 1160. The van der Waals surface area contributed by atoms with Crippen LogP contribution in [0.1, 0.15) is 48.7 Å². The molecular formula is C26H28N4. The number of benzene rings is 2. The minimum absolute atomic E-state index is 0.662. The van der Waals surface area contributed by atoms with E-state index in [2.05, 4.69) is 48.9 Å². The number of fused-ring (bicyclic) bond motifs is 1. The molecule has 4 nitrogen and oxygen atoms in total. The fourth-order valence-corrected chi connectivity index (χ4v) is 4.05. The second kappa shape index (κ2) is 8.70. The zero-order valence-electron chi connectivity index (χ0n) is 18.2. The van der Waals surface area contributed by atoms with Crippen LogP contribution < -0.4 is 0 Å². The number of hydrogen-bond donors (Lipinski definition) is 0. The molecular weight excluding hydrogens is 368 g/mol. The van der Waals surface area contributed by atoms with Gasteiger partial charge in [0, 0.05) is 23.3 Å². The van der Waals surface area contributed by atoms with Crippen molar-refractivity contribution < 1.29 is 0 Å². The molecule has 0 fully saturated rings. The van der Waals surface area contributed by atoms with Crippen LogP contribution >= 0.6 is 0 Å². The average molecular weight is 397 g/mol. The van der Waals surface area contributed by atoms with Gasteiger partial charge in [0.2, 0.25) is 0 Å². The van der Waals surface area contributed by atoms with Crippen molar-refractivity contribution in [3.63, 3.8) is 0 Å². The van der Waals surface area contributed by atoms with Crippen LogP contribution in [-0.2, 0) is 6.42 Å². The zero-order chi connectivity index (χ0) is 21.1. The molecule has 4 aromatic rings. The molecule has 4 heteroatoms. The highest BCUT2D eigenvalue weighted by atomic mass is 14.9. The van der Waals surface area contributed by atoms with Gasteiger partial charge in [-0.05, 0) is 56.4 Å². The van der Waals surface area contributed by atoms with Gasteiger partial charge in [0.05, 0.1) is 16.8 Å². The van der Waals surface area contributed by atoms with E-state index in [1.807, 2.05) is 25.1 Å². The van der Waals surface area contributed by atoms with E-state index in [1.54, 1.807) is 12.4 Å². The van der Waals surface area contributed by atoms with Gasteiger partial charge >= 0.3 is 0 Å². The van der Waals surface area contributed by atoms with Crippen LogP contribution in [-0.4, -0.2) is 19.9 Å². The van der Waals surface area contributed by atoms with E-state index in [9.17, 15) is 0 Å². The quantitative estimate of drug-likeness (QED) is 0.353. The Morgan fingerprint density at radius 3 is 2.23 bits per heavy atom. The van der Waals surface area contributed by atoms with Crippen LogP contribution in [0.3, 0.4) is 0 Å². The summed E-state index contributed by atoms with van der Waals surface area (Å²) in [6.45, 7) is 8.51. The lowest BCUT2D eigenvalue weighted by Crippen LogP contribution is -2.00. The maximum absolute atomic E-state index is 5.01. The summed E-state index contributed by atoms with van der Waals surface area (Å²) >= 11 is 0. The average Bonchev–Trinajstić information content (AvgIpc) is 2.74. The number of nitrogens with zero attached hydrogens (tertiary/aromatic N) is 4. The molecule has 0 aliphatic heterocycles. The van der Waals surface area contributed by atoms with E-state index < -0.39 is 0 Å². The standard InChI is InChI=1S/C26H28N4/c1-5-6-7-10-20-13-17(2)24(18(3)14-20)25-22-11-8-9-12-23(22)29-26(30-25)21-15-27-19(4)28-16-21/h8-9,11-16H,5-7,10H2,1-4H3. The number of rotatable bonds is 6. The molecule has 0 spiro atoms. The molecule has 2 heterocycles. The molecule has 152 valence electrons. The van der Waals surface area contributed by atoms with E-state index in [0.717, 1.165) is 34.4 Å². The Balaban J connectivity index is 1.86. The number of hydrogen-bond acceptors (Lipinski definition) is 4. The van der Waals surface area contributed by atoms with Gasteiger partial charge in [-0.2, -0.15) is 0 Å². The summed E-state index contributed by atoms with van der Waals surface area (Å²) in [5.74, 6) is 1.40. The van der Waals surface area contributed by atoms with Crippen molar-refractivity contribution >= 4 is 10.9 Å². The van der Waals surface area contributed by atoms with E-state index in [0.29, 0.717) is 5.82 Å². The molecule has 30 heavy (non-hydrogen) atoms. The molecule has 0 saturated heterocycles. The minimum atomic E-state index is 0.662. The van der Waals surface area contributed by atoms with E-state index in [4.69, 9.17) is 9.97 Å². The monoisotopic (exact) mass is 396 g/mol. The molecule has 0 bridgehead atoms. The number of unbranched alkanes of at least 4 members (excludes halogenated alkanes) is 2. The first-order valence-corrected chi connectivity index (χ1v) is 10.7. The van der Waals surface area contributed by atoms with Crippen molar-refractivity contribution in [3.8, 4) is 22.6 Å². The Morgan fingerprint density at radius 2 is 1.53 bits per heavy atom. The third-order valence-electron chi connectivity index (χ3n) is 5.54. The van der Waals surface area contributed by atoms with E-state index in [-0.39, 0.29) is 0 Å². The summed E-state index contributed by atoms with van der Waals surface area (Å²) < 4.78 is 0. The molecule has 2 aromatic heterocycles. The summed E-state index contributed by atoms with van der Waals surface area (Å²) in [6.07, 6.45) is 8.49. The zero-order valence-corrected chi connectivity index (χ0v) is 18.2. The van der Waals surface area contributed by atoms with Crippen LogP contribution in [0.15, 0.2) is 48.8 Å². The number of aromatic nitrogens is 4. The molecule has 0 saturated carbocycles. The van der Waals surface area contributed by atoms with Crippen molar-refractivity contribution in [2.45, 2.75) is 53.4 Å². The van der Waals surface area contributed by atoms with E-state index in [1.165, 1.54) is 41.5 Å². The molecule has 0 unspecified atom stereocenters. The highest BCUT2D eigenvalue weighted by molar-refractivity contribution is 5.95. The van der Waals surface area contributed by atoms with Crippen LogP contribution in [0.25, 0.3) is 33.5 Å². The molecule has 2 aromatic carbocycles. The third kappa shape index (κ3) is 4.09. The topological polar surface area (TPSA) is 51.6 Å². The summed E-state index contributed by atoms with van der Waals surface area (Å²) in [5.41, 5.74) is 7.87. The molecule has 0 aliphatic rings. The number of aryl methyl sites for hydroxylation is 4. The van der Waals surface area contributed by atoms with Crippen LogP contribution in [0.2, 0.25) is 0 Å². The lowest BCUT2D eigenvalue weighted by molar-refractivity contribution is 0.717. The van der Waals surface area contributed by atoms with Gasteiger partial charge in [-0.15, -0.1) is 0 Å². The molecule has 0 amide bonds. The van der Waals surface area contributed by atoms with Gasteiger partial charge in [0.15, 0.2) is 5.82 Å². The molecule has 0 aliphatic carbocycles. The smallest absolute Gasteiger partial charge is 0.163 e. The number of para-hydroxylation sites is 1. The SMILES string of the molecule is CCCCCc1cc(C)c(-c2nc(-c3cnc(C)nc3)nc3ccccc23)c(C)c1. The van der Waals surface area contributed by atoms with Crippen LogP contribution in [0, 0.1) is 20.8 Å². The maximum atomic E-state index is 5.01. The van der Waals surface area contributed by atoms with Gasteiger partial charge in [0.25, 0.3) is 0 Å². The largest absolute Gasteiger partial charge is 0.241 e. The lowest BCUT2D eigenvalue weighted by Gasteiger charge is -2.15. The van der Waals surface area contributed by atoms with Crippen LogP contribution in [0.5, 0.6) is 0 Å². The minimum Gasteiger partial charge on any atom is -0.241 e. The first kappa shape index (κ1) is 20.1. The predicted octanol–water partition coefficient (Wildman–Crippen LogP) is 6.41. The van der Waals surface area contributed by atoms with Gasteiger partial charge in [-0.25, -0.2) is 19.9 Å². The van der Waals surface area contributed by atoms with Crippen molar-refractivity contribution in [2.75, 3.05) is 0 Å². The Kier molecular flexibility index (Phi) is 5.84. The molecule has 0 radical (unpaired) electrons. The first-order valence-electron chi connectivity index (χ1n) is 10.7. The van der Waals surface area contributed by atoms with Crippen molar-refractivity contribution in [1.29, 1.82) is 0 Å². The lowest BCUT2D eigenvalue weighted by atomic mass is 9.93. The molecule has 0 N–H and O–H groups in total. The van der Waals surface area contributed by atoms with Gasteiger partial charge in [-0.1, -0.05) is 50.1 Å². The summed E-state index contributed by atoms with van der Waals surface area (Å²) in [7, 11) is 0. The van der Waals surface area contributed by atoms with Gasteiger partial charge in [0.1, 0.15) is 5.82 Å². The van der Waals surface area contributed by atoms with Crippen molar-refractivity contribution in [3.05, 3.63) is 71.3 Å². The second-order valence-corrected chi connectivity index (χ2v) is 7.99. The first-order chi connectivity index (χ1) is 14.6. The van der Waals surface area contributed by atoms with E-state index >= 15 is 0 Å². The second-order valence-electron chi connectivity index (χ2n) is 7.99. The van der Waals surface area contributed by atoms with Crippen molar-refractivity contribution in [2.24, 2.45) is 0 Å². The van der Waals surface area contributed by atoms with Crippen LogP contribution in [0.4, 0.5) is 0 Å². The van der Waals surface area contributed by atoms with Crippen molar-refractivity contribution in [1.82, 2.24) is 19.9 Å². The Morgan fingerprint density at radius 1 is 0.833 bits per heavy atom. The summed E-state index contributed by atoms with van der Waals surface area (Å²) in [6, 6.07) is 12.9. The molecule has 4 rings (SSSR count). The fourth-order valence-electron chi connectivity index (χ4n) is 4.05. The highest BCUT2D eigenvalue weighted by Gasteiger charge is 2.16. The Hall–Kier alpha value is -3.14. The third-order valence-corrected chi connectivity index (χ3v) is 5.54. The summed E-state index contributed by atoms with van der Waals surface area (Å²) in [4.78, 5) is 18.5. The fraction of sp³-hybridized carbons (Fsp3) is 0.308. The maximum Gasteiger partial charge on any atom is 0.163 e. The predicted molar refractivity (Wildman–Crippen MR) is 123 cm³/mol. The summed E-state index contributed by atoms with van der Waals surface area (Å²) in [5, 5.41) is 1.07. The Labute approximate surface area is 178 Å². The molecule has 0 atom stereocenters. The van der Waals surface area contributed by atoms with Gasteiger partial charge in [-0.3, -0.25) is 0 Å². The normalized spacial score (nSPS) is 11.2. The van der Waals surface area contributed by atoms with Gasteiger partial charge < -0.3 is 0 Å².